The minimum absolute atomic E-state index is 0.0975. The van der Waals surface area contributed by atoms with Crippen LogP contribution in [0.5, 0.6) is 0 Å². The molecule has 0 aliphatic rings. The van der Waals surface area contributed by atoms with Crippen LogP contribution in [0.2, 0.25) is 0 Å². The molecule has 1 aromatic rings. The molecule has 0 saturated carbocycles. The van der Waals surface area contributed by atoms with Crippen LogP contribution in [0, 0.1) is 0 Å². The van der Waals surface area contributed by atoms with Crippen molar-refractivity contribution in [3.05, 3.63) is 34.3 Å². The Morgan fingerprint density at radius 3 is 2.19 bits per heavy atom. The van der Waals surface area contributed by atoms with Gasteiger partial charge in [0.2, 0.25) is 0 Å². The predicted molar refractivity (Wildman–Crippen MR) is 79.7 cm³/mol. The van der Waals surface area contributed by atoms with E-state index in [9.17, 15) is 14.0 Å². The van der Waals surface area contributed by atoms with E-state index in [0.717, 1.165) is 0 Å². The Labute approximate surface area is 131 Å². The van der Waals surface area contributed by atoms with Crippen molar-refractivity contribution in [1.29, 1.82) is 0 Å². The third-order valence-corrected chi connectivity index (χ3v) is 3.53. The Morgan fingerprint density at radius 1 is 1.19 bits per heavy atom. The van der Waals surface area contributed by atoms with Gasteiger partial charge in [0.25, 0.3) is 0 Å². The second-order valence-electron chi connectivity index (χ2n) is 4.30. The summed E-state index contributed by atoms with van der Waals surface area (Å²) >= 11 is 3.28. The minimum atomic E-state index is -1.77. The van der Waals surface area contributed by atoms with E-state index in [0.29, 0.717) is 10.0 Å². The molecular weight excluding hydrogens is 343 g/mol. The van der Waals surface area contributed by atoms with Crippen LogP contribution >= 0.6 is 15.9 Å². The van der Waals surface area contributed by atoms with E-state index in [1.807, 2.05) is 0 Å². The molecule has 1 aromatic carbocycles. The normalized spacial score (nSPS) is 11.0. The first-order valence-electron chi connectivity index (χ1n) is 6.69. The van der Waals surface area contributed by atoms with Crippen molar-refractivity contribution in [2.75, 3.05) is 19.9 Å². The molecule has 0 spiro atoms. The van der Waals surface area contributed by atoms with Crippen LogP contribution in [-0.4, -0.2) is 31.8 Å². The van der Waals surface area contributed by atoms with Gasteiger partial charge in [-0.15, -0.1) is 0 Å². The summed E-state index contributed by atoms with van der Waals surface area (Å²) in [6, 6.07) is 6.61. The number of hydrogen-bond donors (Lipinski definition) is 0. The van der Waals surface area contributed by atoms with Gasteiger partial charge < -0.3 is 9.47 Å². The summed E-state index contributed by atoms with van der Waals surface area (Å²) < 4.78 is 23.7. The van der Waals surface area contributed by atoms with Crippen molar-refractivity contribution in [1.82, 2.24) is 0 Å². The van der Waals surface area contributed by atoms with Crippen LogP contribution in [0.3, 0.4) is 0 Å². The summed E-state index contributed by atoms with van der Waals surface area (Å²) in [5.41, 5.74) is -1.42. The quantitative estimate of drug-likeness (QED) is 0.553. The SMILES string of the molecule is CCOC(=O)C(CCF)(C(=O)OCC)c1cccc(Br)c1. The Bertz CT molecular complexity index is 486. The van der Waals surface area contributed by atoms with Crippen LogP contribution in [0.25, 0.3) is 0 Å². The molecule has 0 saturated heterocycles. The molecule has 6 heteroatoms. The van der Waals surface area contributed by atoms with Gasteiger partial charge in [0.15, 0.2) is 5.41 Å². The lowest BCUT2D eigenvalue weighted by Gasteiger charge is -2.28. The van der Waals surface area contributed by atoms with Crippen molar-refractivity contribution < 1.29 is 23.5 Å². The number of rotatable bonds is 7. The first-order chi connectivity index (χ1) is 10.0. The van der Waals surface area contributed by atoms with Crippen LogP contribution in [0.15, 0.2) is 28.7 Å². The van der Waals surface area contributed by atoms with Gasteiger partial charge in [-0.05, 0) is 31.5 Å². The van der Waals surface area contributed by atoms with E-state index >= 15 is 0 Å². The number of carbonyl (C=O) groups excluding carboxylic acids is 2. The molecule has 0 unspecified atom stereocenters. The Balaban J connectivity index is 3.42. The molecule has 0 amide bonds. The summed E-state index contributed by atoms with van der Waals surface area (Å²) in [7, 11) is 0. The summed E-state index contributed by atoms with van der Waals surface area (Å²) in [6.45, 7) is 2.61. The average Bonchev–Trinajstić information content (AvgIpc) is 2.45. The van der Waals surface area contributed by atoms with E-state index in [1.165, 1.54) is 0 Å². The zero-order chi connectivity index (χ0) is 15.9. The zero-order valence-corrected chi connectivity index (χ0v) is 13.6. The Kier molecular flexibility index (Phi) is 6.81. The summed E-state index contributed by atoms with van der Waals surface area (Å²) in [4.78, 5) is 24.8. The predicted octanol–water partition coefficient (Wildman–Crippen LogP) is 3.17. The lowest BCUT2D eigenvalue weighted by Crippen LogP contribution is -2.46. The number of alkyl halides is 1. The van der Waals surface area contributed by atoms with Gasteiger partial charge in [0.05, 0.1) is 19.9 Å². The molecule has 116 valence electrons. The van der Waals surface area contributed by atoms with E-state index in [1.54, 1.807) is 38.1 Å². The third kappa shape index (κ3) is 3.81. The maximum absolute atomic E-state index is 13.0. The summed E-state index contributed by atoms with van der Waals surface area (Å²) in [5, 5.41) is 0. The fourth-order valence-corrected chi connectivity index (χ4v) is 2.47. The molecule has 4 nitrogen and oxygen atoms in total. The minimum Gasteiger partial charge on any atom is -0.465 e. The first-order valence-corrected chi connectivity index (χ1v) is 7.48. The number of halogens is 2. The van der Waals surface area contributed by atoms with E-state index in [4.69, 9.17) is 9.47 Å². The average molecular weight is 361 g/mol. The van der Waals surface area contributed by atoms with Gasteiger partial charge in [-0.2, -0.15) is 0 Å². The Hall–Kier alpha value is -1.43. The van der Waals surface area contributed by atoms with Crippen molar-refractivity contribution >= 4 is 27.9 Å². The number of carbonyl (C=O) groups is 2. The van der Waals surface area contributed by atoms with Crippen LogP contribution in [0.1, 0.15) is 25.8 Å². The van der Waals surface area contributed by atoms with E-state index in [-0.39, 0.29) is 19.6 Å². The molecule has 0 fully saturated rings. The van der Waals surface area contributed by atoms with Gasteiger partial charge in [0, 0.05) is 10.9 Å². The molecule has 0 radical (unpaired) electrons. The number of hydrogen-bond acceptors (Lipinski definition) is 4. The Morgan fingerprint density at radius 2 is 1.76 bits per heavy atom. The highest BCUT2D eigenvalue weighted by molar-refractivity contribution is 9.10. The zero-order valence-electron chi connectivity index (χ0n) is 12.0. The van der Waals surface area contributed by atoms with Crippen molar-refractivity contribution in [2.24, 2.45) is 0 Å². The molecule has 1 rings (SSSR count). The third-order valence-electron chi connectivity index (χ3n) is 3.03. The van der Waals surface area contributed by atoms with E-state index in [2.05, 4.69) is 15.9 Å². The standard InChI is InChI=1S/C15H18BrFO4/c1-3-20-13(18)15(8-9-17,14(19)21-4-2)11-6-5-7-12(16)10-11/h5-7,10H,3-4,8-9H2,1-2H3. The summed E-state index contributed by atoms with van der Waals surface area (Å²) in [5.74, 6) is -1.58. The number of esters is 2. The second kappa shape index (κ2) is 8.12. The highest BCUT2D eigenvalue weighted by atomic mass is 79.9. The van der Waals surface area contributed by atoms with Gasteiger partial charge in [0.1, 0.15) is 0 Å². The molecule has 0 N–H and O–H groups in total. The lowest BCUT2D eigenvalue weighted by molar-refractivity contribution is -0.165. The van der Waals surface area contributed by atoms with Crippen molar-refractivity contribution in [3.8, 4) is 0 Å². The molecular formula is C15H18BrFO4. The fraction of sp³-hybridized carbons (Fsp3) is 0.467. The topological polar surface area (TPSA) is 52.6 Å². The van der Waals surface area contributed by atoms with Crippen LogP contribution in [0.4, 0.5) is 4.39 Å². The van der Waals surface area contributed by atoms with Gasteiger partial charge in [-0.1, -0.05) is 28.1 Å². The molecule has 0 heterocycles. The van der Waals surface area contributed by atoms with Gasteiger partial charge >= 0.3 is 11.9 Å². The maximum Gasteiger partial charge on any atom is 0.328 e. The maximum atomic E-state index is 13.0. The van der Waals surface area contributed by atoms with Crippen molar-refractivity contribution in [3.63, 3.8) is 0 Å². The molecule has 0 bridgehead atoms. The smallest absolute Gasteiger partial charge is 0.328 e. The molecule has 0 atom stereocenters. The lowest BCUT2D eigenvalue weighted by atomic mass is 9.77. The van der Waals surface area contributed by atoms with Gasteiger partial charge in [-0.25, -0.2) is 0 Å². The van der Waals surface area contributed by atoms with Crippen molar-refractivity contribution in [2.45, 2.75) is 25.7 Å². The second-order valence-corrected chi connectivity index (χ2v) is 5.21. The molecule has 0 aliphatic carbocycles. The van der Waals surface area contributed by atoms with Gasteiger partial charge in [-0.3, -0.25) is 14.0 Å². The number of benzene rings is 1. The van der Waals surface area contributed by atoms with Crippen LogP contribution in [-0.2, 0) is 24.5 Å². The first kappa shape index (κ1) is 17.6. The molecule has 21 heavy (non-hydrogen) atoms. The molecule has 0 aliphatic heterocycles. The van der Waals surface area contributed by atoms with Crippen LogP contribution < -0.4 is 0 Å². The monoisotopic (exact) mass is 360 g/mol. The highest BCUT2D eigenvalue weighted by Crippen LogP contribution is 2.33. The summed E-state index contributed by atoms with van der Waals surface area (Å²) in [6.07, 6.45) is -0.318. The fourth-order valence-electron chi connectivity index (χ4n) is 2.07. The highest BCUT2D eigenvalue weighted by Gasteiger charge is 2.50. The number of ether oxygens (including phenoxy) is 2. The largest absolute Gasteiger partial charge is 0.465 e. The molecule has 0 aromatic heterocycles. The van der Waals surface area contributed by atoms with E-state index < -0.39 is 24.0 Å².